The molecule has 0 bridgehead atoms. The first-order chi connectivity index (χ1) is 7.49. The van der Waals surface area contributed by atoms with Gasteiger partial charge >= 0.3 is 5.97 Å². The summed E-state index contributed by atoms with van der Waals surface area (Å²) in [5.74, 6) is -1.35. The highest BCUT2D eigenvalue weighted by Crippen LogP contribution is 2.21. The van der Waals surface area contributed by atoms with E-state index in [1.165, 1.54) is 24.5 Å². The molecule has 86 valence electrons. The number of rotatable bonds is 4. The molecule has 16 heavy (non-hydrogen) atoms. The minimum Gasteiger partial charge on any atom is -0.480 e. The molecule has 0 radical (unpaired) electrons. The molecule has 0 unspecified atom stereocenters. The summed E-state index contributed by atoms with van der Waals surface area (Å²) < 4.78 is 0.985. The number of thiophene rings is 1. The number of nitrogens with zero attached hydrogens (tertiary/aromatic N) is 1. The van der Waals surface area contributed by atoms with E-state index in [-0.39, 0.29) is 12.5 Å². The van der Waals surface area contributed by atoms with Crippen molar-refractivity contribution in [3.8, 4) is 0 Å². The second kappa shape index (κ2) is 5.81. The largest absolute Gasteiger partial charge is 0.480 e. The molecule has 0 aromatic carbocycles. The van der Waals surface area contributed by atoms with E-state index in [1.54, 1.807) is 6.08 Å². The van der Waals surface area contributed by atoms with Crippen LogP contribution in [0, 0.1) is 0 Å². The zero-order valence-electron chi connectivity index (χ0n) is 8.51. The van der Waals surface area contributed by atoms with Crippen molar-refractivity contribution in [3.05, 3.63) is 26.9 Å². The quantitative estimate of drug-likeness (QED) is 0.866. The summed E-state index contributed by atoms with van der Waals surface area (Å²) in [5.41, 5.74) is 0.911. The number of carbonyl (C=O) groups is 2. The van der Waals surface area contributed by atoms with Crippen LogP contribution in [-0.2, 0) is 9.59 Å². The van der Waals surface area contributed by atoms with Crippen LogP contribution in [0.15, 0.2) is 21.3 Å². The molecule has 0 aliphatic rings. The van der Waals surface area contributed by atoms with Gasteiger partial charge in [-0.25, -0.2) is 0 Å². The topological polar surface area (TPSA) is 57.6 Å². The molecule has 0 saturated carbocycles. The van der Waals surface area contributed by atoms with Crippen molar-refractivity contribution in [3.63, 3.8) is 0 Å². The van der Waals surface area contributed by atoms with Crippen molar-refractivity contribution in [1.29, 1.82) is 0 Å². The van der Waals surface area contributed by atoms with E-state index < -0.39 is 5.97 Å². The number of halogens is 1. The highest BCUT2D eigenvalue weighted by molar-refractivity contribution is 9.11. The number of hydrogen-bond acceptors (Lipinski definition) is 3. The molecule has 0 fully saturated rings. The number of carbonyl (C=O) groups excluding carboxylic acids is 1. The number of amides is 1. The molecule has 1 aromatic heterocycles. The van der Waals surface area contributed by atoms with Crippen molar-refractivity contribution < 1.29 is 14.7 Å². The fourth-order valence-corrected chi connectivity index (χ4v) is 2.13. The molecule has 1 heterocycles. The van der Waals surface area contributed by atoms with Gasteiger partial charge in [-0.3, -0.25) is 9.59 Å². The summed E-state index contributed by atoms with van der Waals surface area (Å²) in [5, 5.41) is 10.4. The Bertz CT molecular complexity index is 427. The Hall–Kier alpha value is -1.14. The molecule has 1 amide bonds. The molecular weight excluding hydrogens is 294 g/mol. The number of aliphatic carboxylic acids is 1. The lowest BCUT2D eigenvalue weighted by Gasteiger charge is -2.10. The SMILES string of the molecule is CN(CC(=O)O)C(=O)/C=C/c1csc(Br)c1. The average Bonchev–Trinajstić information content (AvgIpc) is 2.59. The molecule has 0 aliphatic carbocycles. The van der Waals surface area contributed by atoms with Crippen LogP contribution < -0.4 is 0 Å². The van der Waals surface area contributed by atoms with Gasteiger partial charge in [0.05, 0.1) is 3.79 Å². The molecule has 1 N–H and O–H groups in total. The van der Waals surface area contributed by atoms with Crippen LogP contribution in [-0.4, -0.2) is 35.5 Å². The van der Waals surface area contributed by atoms with E-state index in [1.807, 2.05) is 11.4 Å². The lowest BCUT2D eigenvalue weighted by molar-refractivity contribution is -0.141. The maximum atomic E-state index is 11.4. The van der Waals surface area contributed by atoms with E-state index in [0.29, 0.717) is 0 Å². The molecular formula is C10H10BrNO3S. The molecule has 6 heteroatoms. The van der Waals surface area contributed by atoms with Crippen LogP contribution in [0.4, 0.5) is 0 Å². The van der Waals surface area contributed by atoms with Crippen molar-refractivity contribution >= 4 is 45.2 Å². The predicted octanol–water partition coefficient (Wildman–Crippen LogP) is 2.07. The van der Waals surface area contributed by atoms with Gasteiger partial charge in [-0.2, -0.15) is 0 Å². The molecule has 0 saturated heterocycles. The minimum absolute atomic E-state index is 0.295. The van der Waals surface area contributed by atoms with Gasteiger partial charge in [-0.1, -0.05) is 0 Å². The van der Waals surface area contributed by atoms with Crippen LogP contribution in [0.2, 0.25) is 0 Å². The Labute approximate surface area is 105 Å². The monoisotopic (exact) mass is 303 g/mol. The lowest BCUT2D eigenvalue weighted by Crippen LogP contribution is -2.30. The van der Waals surface area contributed by atoms with Gasteiger partial charge < -0.3 is 10.0 Å². The smallest absolute Gasteiger partial charge is 0.323 e. The molecule has 0 aliphatic heterocycles. The molecule has 4 nitrogen and oxygen atoms in total. The summed E-state index contributed by atoms with van der Waals surface area (Å²) in [6, 6.07) is 1.88. The van der Waals surface area contributed by atoms with Gasteiger partial charge in [0.25, 0.3) is 0 Å². The van der Waals surface area contributed by atoms with Crippen LogP contribution in [0.1, 0.15) is 5.56 Å². The van der Waals surface area contributed by atoms with Crippen molar-refractivity contribution in [1.82, 2.24) is 4.90 Å². The molecule has 0 atom stereocenters. The number of likely N-dealkylation sites (N-methyl/N-ethyl adjacent to an activating group) is 1. The molecule has 0 spiro atoms. The summed E-state index contributed by atoms with van der Waals surface area (Å²) in [7, 11) is 1.45. The highest BCUT2D eigenvalue weighted by atomic mass is 79.9. The second-order valence-corrected chi connectivity index (χ2v) is 5.40. The summed E-state index contributed by atoms with van der Waals surface area (Å²) in [4.78, 5) is 22.9. The standard InChI is InChI=1S/C10H10BrNO3S/c1-12(5-10(14)15)9(13)3-2-7-4-8(11)16-6-7/h2-4,6H,5H2,1H3,(H,14,15)/b3-2+. The van der Waals surface area contributed by atoms with E-state index in [4.69, 9.17) is 5.11 Å². The third-order valence-electron chi connectivity index (χ3n) is 1.75. The Morgan fingerprint density at radius 3 is 2.81 bits per heavy atom. The van der Waals surface area contributed by atoms with Crippen LogP contribution in [0.25, 0.3) is 6.08 Å². The normalized spacial score (nSPS) is 10.6. The van der Waals surface area contributed by atoms with E-state index in [2.05, 4.69) is 15.9 Å². The third-order valence-corrected chi connectivity index (χ3v) is 3.28. The van der Waals surface area contributed by atoms with Crippen LogP contribution in [0.3, 0.4) is 0 Å². The first-order valence-electron chi connectivity index (χ1n) is 4.38. The zero-order chi connectivity index (χ0) is 12.1. The van der Waals surface area contributed by atoms with Crippen LogP contribution in [0.5, 0.6) is 0 Å². The highest BCUT2D eigenvalue weighted by Gasteiger charge is 2.08. The maximum absolute atomic E-state index is 11.4. The second-order valence-electron chi connectivity index (χ2n) is 3.11. The van der Waals surface area contributed by atoms with E-state index in [9.17, 15) is 9.59 Å². The zero-order valence-corrected chi connectivity index (χ0v) is 10.9. The lowest BCUT2D eigenvalue weighted by atomic mass is 10.3. The summed E-state index contributed by atoms with van der Waals surface area (Å²) in [6.45, 7) is -0.295. The van der Waals surface area contributed by atoms with Crippen molar-refractivity contribution in [2.75, 3.05) is 13.6 Å². The van der Waals surface area contributed by atoms with Gasteiger partial charge in [0, 0.05) is 13.1 Å². The Morgan fingerprint density at radius 2 is 2.31 bits per heavy atom. The fourth-order valence-electron chi connectivity index (χ4n) is 0.986. The Kier molecular flexibility index (Phi) is 4.70. The predicted molar refractivity (Wildman–Crippen MR) is 66.3 cm³/mol. The fraction of sp³-hybridized carbons (Fsp3) is 0.200. The van der Waals surface area contributed by atoms with Crippen LogP contribution >= 0.6 is 27.3 Å². The Balaban J connectivity index is 2.57. The van der Waals surface area contributed by atoms with E-state index >= 15 is 0 Å². The minimum atomic E-state index is -1.03. The summed E-state index contributed by atoms with van der Waals surface area (Å²) in [6.07, 6.45) is 3.01. The Morgan fingerprint density at radius 1 is 1.62 bits per heavy atom. The third kappa shape index (κ3) is 4.16. The summed E-state index contributed by atoms with van der Waals surface area (Å²) >= 11 is 4.83. The van der Waals surface area contributed by atoms with Gasteiger partial charge in [-0.15, -0.1) is 11.3 Å². The average molecular weight is 304 g/mol. The molecule has 1 aromatic rings. The van der Waals surface area contributed by atoms with Crippen molar-refractivity contribution in [2.24, 2.45) is 0 Å². The first kappa shape index (κ1) is 12.9. The first-order valence-corrected chi connectivity index (χ1v) is 6.05. The maximum Gasteiger partial charge on any atom is 0.323 e. The van der Waals surface area contributed by atoms with Gasteiger partial charge in [-0.05, 0) is 39.0 Å². The van der Waals surface area contributed by atoms with Gasteiger partial charge in [0.1, 0.15) is 6.54 Å². The molecule has 1 rings (SSSR count). The van der Waals surface area contributed by atoms with Crippen molar-refractivity contribution in [2.45, 2.75) is 0 Å². The van der Waals surface area contributed by atoms with Gasteiger partial charge in [0.15, 0.2) is 0 Å². The number of carboxylic acids is 1. The van der Waals surface area contributed by atoms with E-state index in [0.717, 1.165) is 14.2 Å². The van der Waals surface area contributed by atoms with Gasteiger partial charge in [0.2, 0.25) is 5.91 Å². The number of carboxylic acid groups (broad SMARTS) is 1. The number of hydrogen-bond donors (Lipinski definition) is 1.